The fraction of sp³-hybridized carbons (Fsp3) is 0.308. The second-order valence-electron chi connectivity index (χ2n) is 4.33. The first kappa shape index (κ1) is 12.2. The van der Waals surface area contributed by atoms with Gasteiger partial charge < -0.3 is 9.30 Å². The zero-order valence-corrected chi connectivity index (χ0v) is 11.4. The molecule has 0 saturated heterocycles. The van der Waals surface area contributed by atoms with E-state index in [1.54, 1.807) is 18.0 Å². The monoisotopic (exact) mass is 276 g/mol. The van der Waals surface area contributed by atoms with Gasteiger partial charge in [-0.1, -0.05) is 0 Å². The van der Waals surface area contributed by atoms with Gasteiger partial charge in [0.15, 0.2) is 5.78 Å². The van der Waals surface area contributed by atoms with Crippen molar-refractivity contribution >= 4 is 34.4 Å². The van der Waals surface area contributed by atoms with Gasteiger partial charge in [-0.15, -0.1) is 11.8 Å². The van der Waals surface area contributed by atoms with Crippen molar-refractivity contribution in [2.75, 3.05) is 13.4 Å². The van der Waals surface area contributed by atoms with Crippen LogP contribution in [0.3, 0.4) is 0 Å². The molecule has 0 aromatic carbocycles. The molecule has 5 nitrogen and oxygen atoms in total. The molecule has 6 heteroatoms. The molecular formula is C13H12N2O3S. The first-order valence-corrected chi connectivity index (χ1v) is 7.04. The summed E-state index contributed by atoms with van der Waals surface area (Å²) in [4.78, 5) is 28.1. The van der Waals surface area contributed by atoms with Crippen molar-refractivity contribution in [3.63, 3.8) is 0 Å². The molecule has 0 aliphatic carbocycles. The van der Waals surface area contributed by atoms with Crippen LogP contribution < -0.4 is 0 Å². The van der Waals surface area contributed by atoms with E-state index in [4.69, 9.17) is 0 Å². The van der Waals surface area contributed by atoms with Crippen molar-refractivity contribution < 1.29 is 14.3 Å². The summed E-state index contributed by atoms with van der Waals surface area (Å²) in [7, 11) is 1.30. The molecule has 98 valence electrons. The van der Waals surface area contributed by atoms with E-state index in [0.29, 0.717) is 12.2 Å². The molecule has 1 aliphatic rings. The zero-order valence-electron chi connectivity index (χ0n) is 10.5. The van der Waals surface area contributed by atoms with Crippen LogP contribution in [0.4, 0.5) is 0 Å². The number of pyridine rings is 1. The summed E-state index contributed by atoms with van der Waals surface area (Å²) in [5.41, 5.74) is 1.50. The van der Waals surface area contributed by atoms with Crippen molar-refractivity contribution in [3.05, 3.63) is 24.0 Å². The average molecular weight is 276 g/mol. The largest absolute Gasteiger partial charge is 0.468 e. The number of hydrogen-bond acceptors (Lipinski definition) is 5. The van der Waals surface area contributed by atoms with Crippen LogP contribution in [0, 0.1) is 5.92 Å². The molecule has 0 spiro atoms. The van der Waals surface area contributed by atoms with Crippen molar-refractivity contribution in [3.8, 4) is 0 Å². The first-order valence-electron chi connectivity index (χ1n) is 5.81. The van der Waals surface area contributed by atoms with Crippen LogP contribution in [0.25, 0.3) is 10.9 Å². The molecule has 0 radical (unpaired) electrons. The highest BCUT2D eigenvalue weighted by Gasteiger charge is 2.38. The van der Waals surface area contributed by atoms with Crippen LogP contribution in [0.2, 0.25) is 0 Å². The van der Waals surface area contributed by atoms with Gasteiger partial charge in [0.05, 0.1) is 18.3 Å². The highest BCUT2D eigenvalue weighted by Crippen LogP contribution is 2.33. The topological polar surface area (TPSA) is 61.2 Å². The third-order valence-corrected chi connectivity index (χ3v) is 4.12. The minimum atomic E-state index is -0.713. The number of rotatable bonds is 2. The van der Waals surface area contributed by atoms with Gasteiger partial charge in [-0.05, 0) is 18.4 Å². The maximum absolute atomic E-state index is 12.2. The maximum atomic E-state index is 12.2. The molecule has 0 amide bonds. The molecule has 0 N–H and O–H groups in total. The summed E-state index contributed by atoms with van der Waals surface area (Å²) >= 11 is 1.54. The van der Waals surface area contributed by atoms with Crippen LogP contribution >= 0.6 is 11.8 Å². The Bertz CT molecular complexity index is 692. The number of ketones is 1. The van der Waals surface area contributed by atoms with Crippen LogP contribution in [-0.2, 0) is 16.1 Å². The number of nitrogens with zero attached hydrogens (tertiary/aromatic N) is 2. The SMILES string of the molecule is COC(=O)C1Cn2c(cc3c(SC)nccc32)C1=O. The number of ether oxygens (including phenoxy) is 1. The van der Waals surface area contributed by atoms with E-state index in [1.807, 2.05) is 23.0 Å². The Kier molecular flexibility index (Phi) is 2.82. The molecule has 0 saturated carbocycles. The molecule has 1 atom stereocenters. The number of fused-ring (bicyclic) bond motifs is 3. The third-order valence-electron chi connectivity index (χ3n) is 3.41. The van der Waals surface area contributed by atoms with Gasteiger partial charge in [0.25, 0.3) is 0 Å². The molecule has 19 heavy (non-hydrogen) atoms. The molecule has 2 aromatic heterocycles. The van der Waals surface area contributed by atoms with E-state index in [0.717, 1.165) is 15.9 Å². The minimum Gasteiger partial charge on any atom is -0.468 e. The lowest BCUT2D eigenvalue weighted by Crippen LogP contribution is -2.22. The van der Waals surface area contributed by atoms with Crippen molar-refractivity contribution in [2.45, 2.75) is 11.6 Å². The van der Waals surface area contributed by atoms with Crippen molar-refractivity contribution in [1.82, 2.24) is 9.55 Å². The van der Waals surface area contributed by atoms with Crippen molar-refractivity contribution in [1.29, 1.82) is 0 Å². The average Bonchev–Trinajstić information content (AvgIpc) is 2.95. The molecule has 3 heterocycles. The Balaban J connectivity index is 2.14. The highest BCUT2D eigenvalue weighted by molar-refractivity contribution is 7.98. The fourth-order valence-electron chi connectivity index (χ4n) is 2.49. The van der Waals surface area contributed by atoms with Gasteiger partial charge in [0, 0.05) is 18.1 Å². The second kappa shape index (κ2) is 4.38. The Labute approximate surface area is 113 Å². The number of esters is 1. The number of carbonyl (C=O) groups is 2. The van der Waals surface area contributed by atoms with Crippen LogP contribution in [0.5, 0.6) is 0 Å². The number of Topliss-reactive ketones (excluding diaryl/α,β-unsaturated/α-hetero) is 1. The summed E-state index contributed by atoms with van der Waals surface area (Å²) in [6.45, 7) is 0.349. The molecule has 1 aliphatic heterocycles. The summed E-state index contributed by atoms with van der Waals surface area (Å²) in [6.07, 6.45) is 3.67. The lowest BCUT2D eigenvalue weighted by Gasteiger charge is -2.06. The van der Waals surface area contributed by atoms with Gasteiger partial charge in [0.1, 0.15) is 10.9 Å². The van der Waals surface area contributed by atoms with E-state index >= 15 is 0 Å². The Hall–Kier alpha value is -1.82. The predicted octanol–water partition coefficient (Wildman–Crippen LogP) is 1.74. The number of aromatic nitrogens is 2. The summed E-state index contributed by atoms with van der Waals surface area (Å²) in [5, 5.41) is 1.85. The molecule has 3 rings (SSSR count). The van der Waals surface area contributed by atoms with E-state index in [9.17, 15) is 9.59 Å². The van der Waals surface area contributed by atoms with E-state index < -0.39 is 11.9 Å². The minimum absolute atomic E-state index is 0.171. The Morgan fingerprint density at radius 3 is 3.05 bits per heavy atom. The quantitative estimate of drug-likeness (QED) is 0.475. The molecular weight excluding hydrogens is 264 g/mol. The Morgan fingerprint density at radius 1 is 1.58 bits per heavy atom. The molecule has 0 fully saturated rings. The smallest absolute Gasteiger partial charge is 0.318 e. The summed E-state index contributed by atoms with van der Waals surface area (Å²) in [5.74, 6) is -1.36. The zero-order chi connectivity index (χ0) is 13.6. The normalized spacial score (nSPS) is 17.8. The van der Waals surface area contributed by atoms with E-state index in [2.05, 4.69) is 9.72 Å². The summed E-state index contributed by atoms with van der Waals surface area (Å²) in [6, 6.07) is 3.69. The molecule has 1 unspecified atom stereocenters. The van der Waals surface area contributed by atoms with Crippen LogP contribution in [0.1, 0.15) is 10.5 Å². The number of thioether (sulfide) groups is 1. The molecule has 2 aromatic rings. The second-order valence-corrected chi connectivity index (χ2v) is 5.13. The first-order chi connectivity index (χ1) is 9.17. The van der Waals surface area contributed by atoms with Gasteiger partial charge >= 0.3 is 5.97 Å². The summed E-state index contributed by atoms with van der Waals surface area (Å²) < 4.78 is 6.55. The number of methoxy groups -OCH3 is 1. The highest BCUT2D eigenvalue weighted by atomic mass is 32.2. The number of carbonyl (C=O) groups excluding carboxylic acids is 2. The van der Waals surface area contributed by atoms with Gasteiger partial charge in [-0.2, -0.15) is 0 Å². The fourth-order valence-corrected chi connectivity index (χ4v) is 3.04. The van der Waals surface area contributed by atoms with E-state index in [-0.39, 0.29) is 5.78 Å². The van der Waals surface area contributed by atoms with Gasteiger partial charge in [-0.25, -0.2) is 4.98 Å². The van der Waals surface area contributed by atoms with Crippen LogP contribution in [-0.4, -0.2) is 34.7 Å². The Morgan fingerprint density at radius 2 is 2.37 bits per heavy atom. The van der Waals surface area contributed by atoms with Gasteiger partial charge in [-0.3, -0.25) is 9.59 Å². The van der Waals surface area contributed by atoms with Crippen LogP contribution in [0.15, 0.2) is 23.4 Å². The lowest BCUT2D eigenvalue weighted by atomic mass is 10.1. The predicted molar refractivity (Wildman–Crippen MR) is 71.4 cm³/mol. The standard InChI is InChI=1S/C13H12N2O3S/c1-18-13(17)8-6-15-9-3-4-14-12(19-2)7(9)5-10(15)11(8)16/h3-5,8H,6H2,1-2H3. The molecule has 0 bridgehead atoms. The number of hydrogen-bond donors (Lipinski definition) is 0. The van der Waals surface area contributed by atoms with Crippen molar-refractivity contribution in [2.24, 2.45) is 5.92 Å². The third kappa shape index (κ3) is 1.67. The maximum Gasteiger partial charge on any atom is 0.318 e. The lowest BCUT2D eigenvalue weighted by molar-refractivity contribution is -0.143. The van der Waals surface area contributed by atoms with Gasteiger partial charge in [0.2, 0.25) is 0 Å². The van der Waals surface area contributed by atoms with E-state index in [1.165, 1.54) is 7.11 Å².